The van der Waals surface area contributed by atoms with Crippen molar-refractivity contribution < 1.29 is 13.2 Å². The molecule has 0 radical (unpaired) electrons. The third kappa shape index (κ3) is 5.71. The summed E-state index contributed by atoms with van der Waals surface area (Å²) in [7, 11) is -3.53. The molecular formula is C36H48ClN5O3S. The summed E-state index contributed by atoms with van der Waals surface area (Å²) in [6, 6.07) is 17.9. The van der Waals surface area contributed by atoms with Crippen LogP contribution in [-0.4, -0.2) is 59.1 Å². The van der Waals surface area contributed by atoms with Gasteiger partial charge in [-0.05, 0) is 78.4 Å². The number of fused-ring (bicyclic) bond motifs is 4. The van der Waals surface area contributed by atoms with Crippen molar-refractivity contribution >= 4 is 28.3 Å². The van der Waals surface area contributed by atoms with Crippen LogP contribution in [0, 0.1) is 16.7 Å². The molecule has 1 aliphatic heterocycles. The van der Waals surface area contributed by atoms with E-state index in [1.54, 1.807) is 10.6 Å². The van der Waals surface area contributed by atoms with E-state index < -0.39 is 21.5 Å². The van der Waals surface area contributed by atoms with Gasteiger partial charge in [-0.25, -0.2) is 17.7 Å². The fourth-order valence-electron chi connectivity index (χ4n) is 9.51. The zero-order valence-electron chi connectivity index (χ0n) is 27.0. The van der Waals surface area contributed by atoms with Gasteiger partial charge in [0.1, 0.15) is 0 Å². The summed E-state index contributed by atoms with van der Waals surface area (Å²) in [5.41, 5.74) is 10.6. The van der Waals surface area contributed by atoms with Crippen LogP contribution in [0.1, 0.15) is 74.8 Å². The molecule has 1 aromatic heterocycles. The summed E-state index contributed by atoms with van der Waals surface area (Å²) in [6.45, 7) is 6.26. The molecule has 248 valence electrons. The maximum Gasteiger partial charge on any atom is 0.237 e. The standard InChI is InChI=1S/C36H47N5O3S.ClH/c1-34(2)28-13-15-36(34,24-45(43,44)41-18-16-35(17-19-41)14-12-27-10-6-7-11-30(27)35)32(20-28)39-33(42)31(37)21-29-23-40(25-38-29)22-26-8-4-3-5-9-26;/h3-11,23,25,28,31-32H,12-22,24,37H2,1-2H3,(H,39,42);1H/t28?,31-,32?,36+;/m0./s1. The van der Waals surface area contributed by atoms with Crippen molar-refractivity contribution in [1.29, 1.82) is 0 Å². The zero-order chi connectivity index (χ0) is 31.5. The third-order valence-corrected chi connectivity index (χ3v) is 14.4. The lowest BCUT2D eigenvalue weighted by Crippen LogP contribution is -2.57. The van der Waals surface area contributed by atoms with Crippen molar-refractivity contribution in [3.63, 3.8) is 0 Å². The number of nitrogens with zero attached hydrogens (tertiary/aromatic N) is 3. The van der Waals surface area contributed by atoms with Gasteiger partial charge in [-0.3, -0.25) is 4.79 Å². The van der Waals surface area contributed by atoms with E-state index in [-0.39, 0.29) is 40.9 Å². The fourth-order valence-corrected chi connectivity index (χ4v) is 11.8. The monoisotopic (exact) mass is 665 g/mol. The van der Waals surface area contributed by atoms with Gasteiger partial charge in [-0.1, -0.05) is 68.4 Å². The molecule has 2 unspecified atom stereocenters. The highest BCUT2D eigenvalue weighted by Gasteiger charge is 2.66. The lowest BCUT2D eigenvalue weighted by molar-refractivity contribution is -0.124. The van der Waals surface area contributed by atoms with Gasteiger partial charge < -0.3 is 15.6 Å². The Balaban J connectivity index is 0.00000372. The molecule has 10 heteroatoms. The van der Waals surface area contributed by atoms with Gasteiger partial charge in [0.15, 0.2) is 0 Å². The maximum atomic E-state index is 14.2. The largest absolute Gasteiger partial charge is 0.351 e. The van der Waals surface area contributed by atoms with Crippen LogP contribution in [0.15, 0.2) is 67.1 Å². The number of hydrogen-bond donors (Lipinski definition) is 2. The summed E-state index contributed by atoms with van der Waals surface area (Å²) in [4.78, 5) is 18.0. The molecule has 7 rings (SSSR count). The number of imidazole rings is 1. The Kier molecular flexibility index (Phi) is 8.93. The Morgan fingerprint density at radius 3 is 2.50 bits per heavy atom. The molecule has 3 fully saturated rings. The predicted molar refractivity (Wildman–Crippen MR) is 183 cm³/mol. The van der Waals surface area contributed by atoms with E-state index in [2.05, 4.69) is 60.5 Å². The van der Waals surface area contributed by atoms with E-state index in [0.717, 1.165) is 50.6 Å². The van der Waals surface area contributed by atoms with E-state index in [0.29, 0.717) is 32.0 Å². The number of aryl methyl sites for hydroxylation is 1. The lowest BCUT2D eigenvalue weighted by atomic mass is 9.69. The van der Waals surface area contributed by atoms with Crippen molar-refractivity contribution in [3.8, 4) is 0 Å². The topological polar surface area (TPSA) is 110 Å². The molecule has 1 saturated heterocycles. The van der Waals surface area contributed by atoms with Crippen LogP contribution >= 0.6 is 12.4 Å². The lowest BCUT2D eigenvalue weighted by Gasteiger charge is -2.45. The van der Waals surface area contributed by atoms with Crippen LogP contribution in [0.5, 0.6) is 0 Å². The number of amides is 1. The summed E-state index contributed by atoms with van der Waals surface area (Å²) >= 11 is 0. The molecular weight excluding hydrogens is 618 g/mol. The molecule has 1 amide bonds. The van der Waals surface area contributed by atoms with Crippen LogP contribution in [0.3, 0.4) is 0 Å². The minimum Gasteiger partial charge on any atom is -0.351 e. The van der Waals surface area contributed by atoms with Crippen molar-refractivity contribution in [2.75, 3.05) is 18.8 Å². The Labute approximate surface area is 280 Å². The average molecular weight is 666 g/mol. The number of hydrogen-bond acceptors (Lipinski definition) is 5. The highest BCUT2D eigenvalue weighted by Crippen LogP contribution is 2.66. The molecule has 2 bridgehead atoms. The summed E-state index contributed by atoms with van der Waals surface area (Å²) in [5, 5.41) is 3.27. The number of sulfonamides is 1. The average Bonchev–Trinajstić information content (AvgIpc) is 3.73. The fraction of sp³-hybridized carbons (Fsp3) is 0.556. The van der Waals surface area contributed by atoms with Crippen LogP contribution in [0.4, 0.5) is 0 Å². The minimum absolute atomic E-state index is 0. The van der Waals surface area contributed by atoms with Gasteiger partial charge >= 0.3 is 0 Å². The molecule has 3 aromatic rings. The first kappa shape index (κ1) is 33.2. The number of piperidine rings is 1. The SMILES string of the molecule is CC1(C)C2CC[C@@]1(CS(=O)(=O)N1CCC3(CCc4ccccc43)CC1)C(NC(=O)[C@@H](N)Cc1cn(Cc3ccccc3)cn1)C2.Cl. The van der Waals surface area contributed by atoms with E-state index in [9.17, 15) is 13.2 Å². The van der Waals surface area contributed by atoms with Crippen molar-refractivity contribution in [2.24, 2.45) is 22.5 Å². The third-order valence-electron chi connectivity index (χ3n) is 12.4. The number of nitrogens with one attached hydrogen (secondary N) is 1. The number of benzene rings is 2. The van der Waals surface area contributed by atoms with Gasteiger partial charge in [0.05, 0.1) is 23.8 Å². The molecule has 8 nitrogen and oxygen atoms in total. The van der Waals surface area contributed by atoms with Crippen LogP contribution < -0.4 is 11.1 Å². The molecule has 3 aliphatic carbocycles. The van der Waals surface area contributed by atoms with E-state index in [1.807, 2.05) is 29.0 Å². The summed E-state index contributed by atoms with van der Waals surface area (Å²) in [6.07, 6.45) is 10.6. The van der Waals surface area contributed by atoms with Gasteiger partial charge in [0.2, 0.25) is 15.9 Å². The van der Waals surface area contributed by atoms with E-state index >= 15 is 0 Å². The summed E-state index contributed by atoms with van der Waals surface area (Å²) < 4.78 is 32.1. The normalized spacial score (nSPS) is 26.8. The Bertz CT molecular complexity index is 1670. The van der Waals surface area contributed by atoms with Crippen molar-refractivity contribution in [1.82, 2.24) is 19.2 Å². The smallest absolute Gasteiger partial charge is 0.237 e. The highest BCUT2D eigenvalue weighted by atomic mass is 35.5. The predicted octanol–water partition coefficient (Wildman–Crippen LogP) is 4.84. The number of rotatable bonds is 9. The van der Waals surface area contributed by atoms with Crippen LogP contribution in [0.2, 0.25) is 0 Å². The first-order valence-corrected chi connectivity index (χ1v) is 18.3. The summed E-state index contributed by atoms with van der Waals surface area (Å²) in [5.74, 6) is 0.233. The van der Waals surface area contributed by atoms with Crippen LogP contribution in [0.25, 0.3) is 0 Å². The minimum atomic E-state index is -3.53. The molecule has 4 atom stereocenters. The molecule has 3 N–H and O–H groups in total. The first-order chi connectivity index (χ1) is 21.5. The zero-order valence-corrected chi connectivity index (χ0v) is 28.7. The molecule has 2 heterocycles. The molecule has 46 heavy (non-hydrogen) atoms. The molecule has 4 aliphatic rings. The second kappa shape index (κ2) is 12.4. The number of carbonyl (C=O) groups excluding carboxylic acids is 1. The molecule has 1 spiro atoms. The van der Waals surface area contributed by atoms with Gasteiger partial charge in [-0.15, -0.1) is 12.4 Å². The second-order valence-corrected chi connectivity index (χ2v) is 16.8. The van der Waals surface area contributed by atoms with Gasteiger partial charge in [-0.2, -0.15) is 0 Å². The number of halogens is 1. The number of aromatic nitrogens is 2. The maximum absolute atomic E-state index is 14.2. The first-order valence-electron chi connectivity index (χ1n) is 16.7. The highest BCUT2D eigenvalue weighted by molar-refractivity contribution is 7.89. The quantitative estimate of drug-likeness (QED) is 0.340. The van der Waals surface area contributed by atoms with Gasteiger partial charge in [0, 0.05) is 43.7 Å². The number of nitrogens with two attached hydrogens (primary N) is 1. The van der Waals surface area contributed by atoms with Crippen molar-refractivity contribution in [2.45, 2.75) is 89.3 Å². The van der Waals surface area contributed by atoms with Crippen molar-refractivity contribution in [3.05, 3.63) is 89.5 Å². The van der Waals surface area contributed by atoms with Crippen LogP contribution in [-0.2, 0) is 39.6 Å². The Morgan fingerprint density at radius 1 is 1.04 bits per heavy atom. The Hall–Kier alpha value is -2.72. The molecule has 2 saturated carbocycles. The Morgan fingerprint density at radius 2 is 1.76 bits per heavy atom. The van der Waals surface area contributed by atoms with E-state index in [1.165, 1.54) is 16.7 Å². The number of carbonyl (C=O) groups is 1. The van der Waals surface area contributed by atoms with E-state index in [4.69, 9.17) is 5.73 Å². The molecule has 2 aromatic carbocycles. The second-order valence-electron chi connectivity index (χ2n) is 14.8. The van der Waals surface area contributed by atoms with Gasteiger partial charge in [0.25, 0.3) is 0 Å².